The Bertz CT molecular complexity index is 894. The van der Waals surface area contributed by atoms with E-state index >= 15 is 0 Å². The number of halogens is 1. The molecule has 2 aromatic rings. The molecule has 32 heavy (non-hydrogen) atoms. The van der Waals surface area contributed by atoms with Gasteiger partial charge in [-0.15, -0.1) is 0 Å². The Balaban J connectivity index is 1.73. The Morgan fingerprint density at radius 2 is 1.59 bits per heavy atom. The Labute approximate surface area is 195 Å². The minimum Gasteiger partial charge on any atom is -0.367 e. The highest BCUT2D eigenvalue weighted by molar-refractivity contribution is 6.30. The average Bonchev–Trinajstić information content (AvgIpc) is 2.82. The van der Waals surface area contributed by atoms with Crippen molar-refractivity contribution in [2.45, 2.75) is 25.9 Å². The summed E-state index contributed by atoms with van der Waals surface area (Å²) >= 11 is 5.93. The van der Waals surface area contributed by atoms with Crippen molar-refractivity contribution in [3.8, 4) is 0 Å². The van der Waals surface area contributed by atoms with E-state index in [4.69, 9.17) is 17.3 Å². The number of carbonyl (C=O) groups is 2. The second-order valence-electron chi connectivity index (χ2n) is 7.92. The third-order valence-electron chi connectivity index (χ3n) is 6.22. The standard InChI is InChI=1S/C25H32ClN4O2/c1-3-29(4-2)25(24(27)32,21-8-6-5-7-9-21)30-18-16-28(17-19-30)23(31)15-12-20-10-13-22(26)14-11-20/h5-11,13-15H,3-4,12,16-19H2,1-2H3,(H2,27,32). The Morgan fingerprint density at radius 3 is 2.12 bits per heavy atom. The molecule has 171 valence electrons. The molecule has 2 aromatic carbocycles. The number of benzene rings is 2. The zero-order valence-corrected chi connectivity index (χ0v) is 19.6. The van der Waals surface area contributed by atoms with Gasteiger partial charge < -0.3 is 10.6 Å². The van der Waals surface area contributed by atoms with Crippen molar-refractivity contribution in [2.24, 2.45) is 5.73 Å². The molecule has 6 nitrogen and oxygen atoms in total. The molecule has 1 atom stereocenters. The number of carbonyl (C=O) groups excluding carboxylic acids is 2. The monoisotopic (exact) mass is 455 g/mol. The normalized spacial score (nSPS) is 16.7. The molecule has 0 aliphatic carbocycles. The van der Waals surface area contributed by atoms with E-state index in [9.17, 15) is 9.59 Å². The molecule has 0 spiro atoms. The van der Waals surface area contributed by atoms with E-state index in [-0.39, 0.29) is 11.8 Å². The molecule has 1 aliphatic rings. The van der Waals surface area contributed by atoms with E-state index in [1.165, 1.54) is 0 Å². The third kappa shape index (κ3) is 4.98. The van der Waals surface area contributed by atoms with E-state index < -0.39 is 5.66 Å². The Hall–Kier alpha value is -2.41. The second-order valence-corrected chi connectivity index (χ2v) is 8.36. The van der Waals surface area contributed by atoms with Gasteiger partial charge in [0, 0.05) is 31.2 Å². The number of rotatable bonds is 9. The molecular formula is C25H32ClN4O2. The van der Waals surface area contributed by atoms with Crippen LogP contribution in [0.25, 0.3) is 0 Å². The van der Waals surface area contributed by atoms with Gasteiger partial charge in [-0.05, 0) is 42.8 Å². The molecule has 3 rings (SSSR count). The summed E-state index contributed by atoms with van der Waals surface area (Å²) in [6.07, 6.45) is 2.27. The summed E-state index contributed by atoms with van der Waals surface area (Å²) in [7, 11) is 0. The first-order valence-corrected chi connectivity index (χ1v) is 11.5. The quantitative estimate of drug-likeness (QED) is 0.631. The predicted molar refractivity (Wildman–Crippen MR) is 128 cm³/mol. The van der Waals surface area contributed by atoms with Crippen LogP contribution in [-0.4, -0.2) is 65.8 Å². The summed E-state index contributed by atoms with van der Waals surface area (Å²) in [5, 5.41) is 0.681. The van der Waals surface area contributed by atoms with Crippen molar-refractivity contribution in [3.63, 3.8) is 0 Å². The molecular weight excluding hydrogens is 424 g/mol. The summed E-state index contributed by atoms with van der Waals surface area (Å²) in [4.78, 5) is 31.9. The largest absolute Gasteiger partial charge is 0.367 e. The molecule has 1 unspecified atom stereocenters. The van der Waals surface area contributed by atoms with Crippen LogP contribution in [0.2, 0.25) is 5.02 Å². The van der Waals surface area contributed by atoms with E-state index in [1.54, 1.807) is 6.42 Å². The highest BCUT2D eigenvalue weighted by Crippen LogP contribution is 2.33. The summed E-state index contributed by atoms with van der Waals surface area (Å²) in [6, 6.07) is 17.2. The first kappa shape index (κ1) is 24.2. The van der Waals surface area contributed by atoms with Crippen LogP contribution in [0.1, 0.15) is 25.0 Å². The first-order valence-electron chi connectivity index (χ1n) is 11.2. The smallest absolute Gasteiger partial charge is 0.257 e. The lowest BCUT2D eigenvalue weighted by Gasteiger charge is -2.51. The van der Waals surface area contributed by atoms with E-state index in [2.05, 4.69) is 9.80 Å². The lowest BCUT2D eigenvalue weighted by atomic mass is 9.93. The summed E-state index contributed by atoms with van der Waals surface area (Å²) in [5.74, 6) is -0.381. The minimum absolute atomic E-state index is 0.00632. The van der Waals surface area contributed by atoms with Crippen LogP contribution in [0, 0.1) is 6.42 Å². The summed E-state index contributed by atoms with van der Waals surface area (Å²) in [5.41, 5.74) is 6.96. The highest BCUT2D eigenvalue weighted by atomic mass is 35.5. The van der Waals surface area contributed by atoms with Crippen molar-refractivity contribution in [3.05, 3.63) is 77.2 Å². The molecule has 1 aliphatic heterocycles. The fourth-order valence-corrected chi connectivity index (χ4v) is 4.70. The molecule has 0 bridgehead atoms. The Morgan fingerprint density at radius 1 is 1.00 bits per heavy atom. The van der Waals surface area contributed by atoms with Gasteiger partial charge in [-0.3, -0.25) is 19.4 Å². The van der Waals surface area contributed by atoms with E-state index in [0.717, 1.165) is 11.1 Å². The molecule has 1 fully saturated rings. The number of nitrogens with two attached hydrogens (primary N) is 1. The fourth-order valence-electron chi connectivity index (χ4n) is 4.58. The highest BCUT2D eigenvalue weighted by Gasteiger charge is 2.49. The van der Waals surface area contributed by atoms with Crippen LogP contribution >= 0.6 is 11.6 Å². The number of amides is 2. The number of piperazine rings is 1. The topological polar surface area (TPSA) is 69.9 Å². The van der Waals surface area contributed by atoms with Gasteiger partial charge in [0.15, 0.2) is 5.66 Å². The summed E-state index contributed by atoms with van der Waals surface area (Å²) in [6.45, 7) is 7.65. The molecule has 0 saturated carbocycles. The maximum atomic E-state index is 13.0. The number of nitrogens with zero attached hydrogens (tertiary/aromatic N) is 3. The number of hydrogen-bond acceptors (Lipinski definition) is 4. The molecule has 0 aromatic heterocycles. The lowest BCUT2D eigenvalue weighted by molar-refractivity contribution is -0.153. The van der Waals surface area contributed by atoms with Crippen molar-refractivity contribution in [1.29, 1.82) is 0 Å². The first-order chi connectivity index (χ1) is 15.4. The zero-order chi connectivity index (χ0) is 23.1. The van der Waals surface area contributed by atoms with Crippen molar-refractivity contribution in [1.82, 2.24) is 14.7 Å². The SMILES string of the molecule is CCN(CC)C(C(N)=O)(c1ccccc1)N1CCN(C(=O)[CH]Cc2ccc(Cl)cc2)CC1. The number of likely N-dealkylation sites (N-methyl/N-ethyl adjacent to an activating group) is 1. The minimum atomic E-state index is -1.03. The number of hydrogen-bond donors (Lipinski definition) is 1. The van der Waals surface area contributed by atoms with Gasteiger partial charge in [0.05, 0.1) is 6.42 Å². The number of primary amides is 1. The van der Waals surface area contributed by atoms with Crippen LogP contribution in [0.3, 0.4) is 0 Å². The van der Waals surface area contributed by atoms with Gasteiger partial charge in [-0.25, -0.2) is 0 Å². The van der Waals surface area contributed by atoms with Crippen LogP contribution in [0.15, 0.2) is 54.6 Å². The maximum Gasteiger partial charge on any atom is 0.257 e. The zero-order valence-electron chi connectivity index (χ0n) is 18.8. The van der Waals surface area contributed by atoms with Crippen molar-refractivity contribution >= 4 is 23.4 Å². The van der Waals surface area contributed by atoms with Gasteiger partial charge in [0.25, 0.3) is 5.91 Å². The van der Waals surface area contributed by atoms with Crippen molar-refractivity contribution < 1.29 is 9.59 Å². The van der Waals surface area contributed by atoms with E-state index in [0.29, 0.717) is 50.7 Å². The van der Waals surface area contributed by atoms with Crippen molar-refractivity contribution in [2.75, 3.05) is 39.3 Å². The van der Waals surface area contributed by atoms with Crippen LogP contribution in [0.5, 0.6) is 0 Å². The molecule has 1 heterocycles. The second kappa shape index (κ2) is 10.9. The van der Waals surface area contributed by atoms with Crippen LogP contribution < -0.4 is 5.73 Å². The maximum absolute atomic E-state index is 13.0. The van der Waals surface area contributed by atoms with E-state index in [1.807, 2.05) is 73.3 Å². The van der Waals surface area contributed by atoms with Gasteiger partial charge in [0.1, 0.15) is 0 Å². The lowest BCUT2D eigenvalue weighted by Crippen LogP contribution is -2.68. The van der Waals surface area contributed by atoms with Gasteiger partial charge >= 0.3 is 0 Å². The average molecular weight is 456 g/mol. The van der Waals surface area contributed by atoms with Crippen LogP contribution in [0.4, 0.5) is 0 Å². The molecule has 1 saturated heterocycles. The fraction of sp³-hybridized carbons (Fsp3) is 0.400. The summed E-state index contributed by atoms with van der Waals surface area (Å²) < 4.78 is 0. The third-order valence-corrected chi connectivity index (χ3v) is 6.47. The molecule has 7 heteroatoms. The Kier molecular flexibility index (Phi) is 8.29. The molecule has 2 amide bonds. The molecule has 1 radical (unpaired) electrons. The predicted octanol–water partition coefficient (Wildman–Crippen LogP) is 2.91. The van der Waals surface area contributed by atoms with Gasteiger partial charge in [0.2, 0.25) is 5.91 Å². The molecule has 2 N–H and O–H groups in total. The van der Waals surface area contributed by atoms with Gasteiger partial charge in [-0.2, -0.15) is 0 Å². The van der Waals surface area contributed by atoms with Crippen LogP contribution in [-0.2, 0) is 21.7 Å². The van der Waals surface area contributed by atoms with Gasteiger partial charge in [-0.1, -0.05) is 67.9 Å².